The molecule has 6 heteroatoms. The van der Waals surface area contributed by atoms with Crippen LogP contribution in [0, 0.1) is 0 Å². The molecule has 0 unspecified atom stereocenters. The summed E-state index contributed by atoms with van der Waals surface area (Å²) in [7, 11) is 1.85. The smallest absolute Gasteiger partial charge is 0.231 e. The van der Waals surface area contributed by atoms with Gasteiger partial charge in [-0.05, 0) is 26.2 Å². The third-order valence-corrected chi connectivity index (χ3v) is 4.68. The van der Waals surface area contributed by atoms with Crippen LogP contribution in [-0.2, 0) is 23.2 Å². The van der Waals surface area contributed by atoms with Crippen LogP contribution < -0.4 is 5.32 Å². The topological polar surface area (TPSA) is 67.2 Å². The third-order valence-electron chi connectivity index (χ3n) is 4.68. The Kier molecular flexibility index (Phi) is 3.26. The summed E-state index contributed by atoms with van der Waals surface area (Å²) in [6.07, 6.45) is 5.11. The molecule has 6 nitrogen and oxygen atoms in total. The second-order valence-corrected chi connectivity index (χ2v) is 6.57. The van der Waals surface area contributed by atoms with Crippen molar-refractivity contribution in [3.8, 4) is 0 Å². The van der Waals surface area contributed by atoms with Gasteiger partial charge in [0.15, 0.2) is 0 Å². The van der Waals surface area contributed by atoms with Crippen LogP contribution in [0.4, 0.5) is 0 Å². The molecule has 1 saturated carbocycles. The highest BCUT2D eigenvalue weighted by Crippen LogP contribution is 2.33. The Hall–Kier alpha value is -1.85. The molecule has 0 radical (unpaired) electrons. The van der Waals surface area contributed by atoms with Crippen molar-refractivity contribution in [2.45, 2.75) is 51.1 Å². The Bertz CT molecular complexity index is 588. The zero-order chi connectivity index (χ0) is 15.2. The van der Waals surface area contributed by atoms with E-state index in [9.17, 15) is 9.59 Å². The zero-order valence-electron chi connectivity index (χ0n) is 12.8. The van der Waals surface area contributed by atoms with Crippen molar-refractivity contribution < 1.29 is 9.59 Å². The van der Waals surface area contributed by atoms with E-state index in [-0.39, 0.29) is 23.3 Å². The van der Waals surface area contributed by atoms with Gasteiger partial charge in [-0.15, -0.1) is 0 Å². The molecule has 114 valence electrons. The van der Waals surface area contributed by atoms with Gasteiger partial charge in [0.1, 0.15) is 0 Å². The second kappa shape index (κ2) is 4.86. The van der Waals surface area contributed by atoms with Gasteiger partial charge in [-0.1, -0.05) is 0 Å². The molecule has 2 amide bonds. The van der Waals surface area contributed by atoms with Gasteiger partial charge < -0.3 is 10.2 Å². The number of hydrogen-bond donors (Lipinski definition) is 1. The highest BCUT2D eigenvalue weighted by Gasteiger charge is 2.39. The molecule has 0 saturated heterocycles. The van der Waals surface area contributed by atoms with Crippen LogP contribution in [0.2, 0.25) is 0 Å². The number of nitrogens with one attached hydrogen (secondary N) is 1. The van der Waals surface area contributed by atoms with Crippen LogP contribution in [0.1, 0.15) is 50.3 Å². The minimum atomic E-state index is -0.365. The van der Waals surface area contributed by atoms with Crippen LogP contribution in [0.5, 0.6) is 0 Å². The summed E-state index contributed by atoms with van der Waals surface area (Å²) in [6, 6.07) is 0. The number of aromatic nitrogens is 2. The summed E-state index contributed by atoms with van der Waals surface area (Å²) in [4.78, 5) is 26.1. The van der Waals surface area contributed by atoms with Gasteiger partial charge in [0, 0.05) is 44.4 Å². The van der Waals surface area contributed by atoms with E-state index in [1.165, 1.54) is 0 Å². The molecule has 1 aliphatic heterocycles. The predicted octanol–water partition coefficient (Wildman–Crippen LogP) is 0.925. The first-order valence-electron chi connectivity index (χ1n) is 7.48. The molecule has 0 spiro atoms. The van der Waals surface area contributed by atoms with E-state index in [2.05, 4.69) is 17.3 Å². The first-order chi connectivity index (χ1) is 9.88. The summed E-state index contributed by atoms with van der Waals surface area (Å²) in [5.41, 5.74) is 1.71. The van der Waals surface area contributed by atoms with Gasteiger partial charge in [0.2, 0.25) is 11.8 Å². The minimum Gasteiger partial charge on any atom is -0.350 e. The zero-order valence-corrected chi connectivity index (χ0v) is 12.8. The van der Waals surface area contributed by atoms with Crippen LogP contribution >= 0.6 is 0 Å². The molecule has 1 N–H and O–H groups in total. The molecule has 1 atom stereocenters. The van der Waals surface area contributed by atoms with Crippen molar-refractivity contribution in [1.29, 1.82) is 0 Å². The van der Waals surface area contributed by atoms with Crippen molar-refractivity contribution in [2.24, 2.45) is 7.05 Å². The second-order valence-electron chi connectivity index (χ2n) is 6.57. The van der Waals surface area contributed by atoms with Crippen molar-refractivity contribution >= 4 is 11.8 Å². The number of hydrogen-bond acceptors (Lipinski definition) is 3. The Morgan fingerprint density at radius 1 is 1.43 bits per heavy atom. The van der Waals surface area contributed by atoms with E-state index in [4.69, 9.17) is 0 Å². The van der Waals surface area contributed by atoms with Crippen molar-refractivity contribution in [1.82, 2.24) is 20.0 Å². The number of amides is 2. The Morgan fingerprint density at radius 3 is 2.71 bits per heavy atom. The number of nitrogens with zero attached hydrogens (tertiary/aromatic N) is 3. The number of aryl methyl sites for hydroxylation is 1. The van der Waals surface area contributed by atoms with Crippen LogP contribution in [0.25, 0.3) is 0 Å². The van der Waals surface area contributed by atoms with Gasteiger partial charge in [0.25, 0.3) is 0 Å². The lowest BCUT2D eigenvalue weighted by Crippen LogP contribution is -2.54. The molecule has 3 rings (SSSR count). The molecule has 1 aromatic rings. The fourth-order valence-corrected chi connectivity index (χ4v) is 3.21. The van der Waals surface area contributed by atoms with Crippen molar-refractivity contribution in [2.75, 3.05) is 6.54 Å². The van der Waals surface area contributed by atoms with Crippen LogP contribution in [0.15, 0.2) is 6.20 Å². The van der Waals surface area contributed by atoms with E-state index in [1.54, 1.807) is 16.5 Å². The van der Waals surface area contributed by atoms with Gasteiger partial charge >= 0.3 is 0 Å². The predicted molar refractivity (Wildman–Crippen MR) is 77.4 cm³/mol. The first-order valence-corrected chi connectivity index (χ1v) is 7.48. The van der Waals surface area contributed by atoms with E-state index in [1.807, 2.05) is 13.2 Å². The van der Waals surface area contributed by atoms with Crippen LogP contribution in [0.3, 0.4) is 0 Å². The fourth-order valence-electron chi connectivity index (χ4n) is 3.21. The number of carbonyl (C=O) groups excluding carboxylic acids is 2. The average molecular weight is 290 g/mol. The molecule has 1 aromatic heterocycles. The molecular formula is C15H22N4O2. The molecule has 21 heavy (non-hydrogen) atoms. The molecule has 0 bridgehead atoms. The fraction of sp³-hybridized carbons (Fsp3) is 0.667. The van der Waals surface area contributed by atoms with E-state index in [0.29, 0.717) is 13.1 Å². The van der Waals surface area contributed by atoms with Gasteiger partial charge in [-0.2, -0.15) is 5.10 Å². The van der Waals surface area contributed by atoms with E-state index in [0.717, 1.165) is 30.5 Å². The van der Waals surface area contributed by atoms with E-state index >= 15 is 0 Å². The van der Waals surface area contributed by atoms with Gasteiger partial charge in [-0.3, -0.25) is 14.3 Å². The lowest BCUT2D eigenvalue weighted by atomic mass is 9.78. The normalized spacial score (nSPS) is 23.2. The number of fused-ring (bicyclic) bond motifs is 1. The van der Waals surface area contributed by atoms with E-state index < -0.39 is 0 Å². The lowest BCUT2D eigenvalue weighted by Gasteiger charge is -2.41. The van der Waals surface area contributed by atoms with Crippen LogP contribution in [-0.4, -0.2) is 38.6 Å². The minimum absolute atomic E-state index is 0.00263. The lowest BCUT2D eigenvalue weighted by molar-refractivity contribution is -0.132. The maximum Gasteiger partial charge on any atom is 0.231 e. The molecule has 0 aromatic carbocycles. The summed E-state index contributed by atoms with van der Waals surface area (Å²) in [5, 5.41) is 7.59. The monoisotopic (exact) mass is 290 g/mol. The largest absolute Gasteiger partial charge is 0.350 e. The molecule has 1 aliphatic carbocycles. The third kappa shape index (κ3) is 2.54. The highest BCUT2D eigenvalue weighted by atomic mass is 16.2. The van der Waals surface area contributed by atoms with Crippen molar-refractivity contribution in [3.63, 3.8) is 0 Å². The summed E-state index contributed by atoms with van der Waals surface area (Å²) in [5.74, 6) is -0.378. The average Bonchev–Trinajstić information content (AvgIpc) is 2.75. The Morgan fingerprint density at radius 2 is 2.14 bits per heavy atom. The maximum absolute atomic E-state index is 12.6. The Balaban J connectivity index is 1.85. The first kappa shape index (κ1) is 14.1. The van der Waals surface area contributed by atoms with Crippen molar-refractivity contribution in [3.05, 3.63) is 17.5 Å². The SMILES string of the molecule is CC(=O)N1Cc2cn(C)nc2[C@@H](C(=O)NC2(C)CCC2)C1. The summed E-state index contributed by atoms with van der Waals surface area (Å²) < 4.78 is 1.72. The van der Waals surface area contributed by atoms with Gasteiger partial charge in [-0.25, -0.2) is 0 Å². The standard InChI is InChI=1S/C15H22N4O2/c1-10(20)19-8-11-7-18(3)17-13(11)12(9-19)14(21)16-15(2)5-4-6-15/h7,12H,4-6,8-9H2,1-3H3,(H,16,21)/t12-/m0/s1. The maximum atomic E-state index is 12.6. The molecule has 2 aliphatic rings. The summed E-state index contributed by atoms with van der Waals surface area (Å²) >= 11 is 0. The highest BCUT2D eigenvalue weighted by molar-refractivity contribution is 5.86. The Labute approximate surface area is 124 Å². The molecule has 2 heterocycles. The molecule has 1 fully saturated rings. The number of carbonyl (C=O) groups is 2. The molecular weight excluding hydrogens is 268 g/mol. The summed E-state index contributed by atoms with van der Waals surface area (Å²) in [6.45, 7) is 4.59. The quantitative estimate of drug-likeness (QED) is 0.881. The number of rotatable bonds is 2. The van der Waals surface area contributed by atoms with Gasteiger partial charge in [0.05, 0.1) is 11.6 Å².